The first-order valence-corrected chi connectivity index (χ1v) is 6.31. The molecule has 0 fully saturated rings. The number of carboxylic acid groups (broad SMARTS) is 1. The summed E-state index contributed by atoms with van der Waals surface area (Å²) in [7, 11) is 0. The van der Waals surface area contributed by atoms with Gasteiger partial charge in [0.05, 0.1) is 0 Å². The number of rotatable bonds is 3. The zero-order chi connectivity index (χ0) is 14.9. The smallest absolute Gasteiger partial charge is 0.361 e. The Morgan fingerprint density at radius 3 is 1.81 bits per heavy atom. The third-order valence-electron chi connectivity index (χ3n) is 3.37. The van der Waals surface area contributed by atoms with E-state index in [2.05, 4.69) is 5.16 Å². The summed E-state index contributed by atoms with van der Waals surface area (Å²) in [6.45, 7) is 0. The van der Waals surface area contributed by atoms with Gasteiger partial charge in [-0.1, -0.05) is 65.8 Å². The van der Waals surface area contributed by atoms with E-state index in [1.165, 1.54) is 0 Å². The zero-order valence-electron chi connectivity index (χ0n) is 10.9. The number of benzene rings is 2. The van der Waals surface area contributed by atoms with Crippen molar-refractivity contribution in [3.63, 3.8) is 0 Å². The second-order valence-electron chi connectivity index (χ2n) is 4.58. The van der Waals surface area contributed by atoms with Crippen LogP contribution in [0.1, 0.15) is 11.1 Å². The largest absolute Gasteiger partial charge is 0.476 e. The maximum absolute atomic E-state index is 12.6. The molecule has 104 valence electrons. The van der Waals surface area contributed by atoms with E-state index in [4.69, 9.17) is 9.94 Å². The van der Waals surface area contributed by atoms with Crippen LogP contribution in [0.2, 0.25) is 0 Å². The van der Waals surface area contributed by atoms with Gasteiger partial charge in [0.15, 0.2) is 0 Å². The van der Waals surface area contributed by atoms with Crippen LogP contribution in [-0.2, 0) is 20.0 Å². The van der Waals surface area contributed by atoms with Crippen LogP contribution in [-0.4, -0.2) is 22.6 Å². The molecule has 2 aromatic carbocycles. The zero-order valence-corrected chi connectivity index (χ0v) is 10.9. The van der Waals surface area contributed by atoms with Gasteiger partial charge in [-0.3, -0.25) is 4.79 Å². The molecule has 0 atom stereocenters. The molecule has 2 aromatic rings. The van der Waals surface area contributed by atoms with E-state index in [9.17, 15) is 9.59 Å². The molecule has 21 heavy (non-hydrogen) atoms. The predicted molar refractivity (Wildman–Crippen MR) is 74.8 cm³/mol. The maximum Gasteiger partial charge on any atom is 0.361 e. The summed E-state index contributed by atoms with van der Waals surface area (Å²) < 4.78 is 0. The molecule has 0 saturated heterocycles. The van der Waals surface area contributed by atoms with Gasteiger partial charge in [-0.15, -0.1) is 0 Å². The molecule has 0 radical (unpaired) electrons. The Morgan fingerprint density at radius 2 is 1.43 bits per heavy atom. The number of ketones is 1. The van der Waals surface area contributed by atoms with E-state index in [0.29, 0.717) is 11.1 Å². The number of aliphatic carboxylic acids is 1. The lowest BCUT2D eigenvalue weighted by molar-refractivity contribution is -0.132. The van der Waals surface area contributed by atoms with Crippen LogP contribution < -0.4 is 0 Å². The fourth-order valence-corrected chi connectivity index (χ4v) is 2.38. The maximum atomic E-state index is 12.6. The van der Waals surface area contributed by atoms with E-state index >= 15 is 0 Å². The molecule has 0 aromatic heterocycles. The number of oxime groups is 1. The molecule has 0 saturated carbocycles. The van der Waals surface area contributed by atoms with Crippen molar-refractivity contribution in [1.82, 2.24) is 0 Å². The third-order valence-corrected chi connectivity index (χ3v) is 3.37. The summed E-state index contributed by atoms with van der Waals surface area (Å²) in [4.78, 5) is 29.1. The number of hydrogen-bond donors (Lipinski definition) is 1. The van der Waals surface area contributed by atoms with E-state index in [0.717, 1.165) is 0 Å². The monoisotopic (exact) mass is 281 g/mol. The second kappa shape index (κ2) is 4.86. The summed E-state index contributed by atoms with van der Waals surface area (Å²) in [6.07, 6.45) is 0. The number of Topliss-reactive ketones (excluding diaryl/α,β-unsaturated/α-hetero) is 1. The van der Waals surface area contributed by atoms with Crippen LogP contribution in [0.4, 0.5) is 0 Å². The molecule has 5 heteroatoms. The molecule has 3 rings (SSSR count). The highest BCUT2D eigenvalue weighted by molar-refractivity contribution is 6.66. The molecule has 1 heterocycles. The molecule has 0 spiro atoms. The lowest BCUT2D eigenvalue weighted by atomic mass is 9.81. The van der Waals surface area contributed by atoms with Crippen molar-refractivity contribution in [2.24, 2.45) is 5.16 Å². The minimum Gasteiger partial charge on any atom is -0.476 e. The Bertz CT molecular complexity index is 683. The average molecular weight is 281 g/mol. The number of carbonyl (C=O) groups is 2. The number of carboxylic acids is 1. The van der Waals surface area contributed by atoms with Crippen LogP contribution >= 0.6 is 0 Å². The molecule has 0 amide bonds. The van der Waals surface area contributed by atoms with E-state index in [1.54, 1.807) is 60.7 Å². The van der Waals surface area contributed by atoms with Gasteiger partial charge in [-0.2, -0.15) is 0 Å². The SMILES string of the molecule is O=C(O)C1=NOC(c2ccccc2)(c2ccccc2)C1=O. The summed E-state index contributed by atoms with van der Waals surface area (Å²) >= 11 is 0. The molecule has 1 aliphatic heterocycles. The summed E-state index contributed by atoms with van der Waals surface area (Å²) in [5.74, 6) is -2.07. The Kier molecular flexibility index (Phi) is 3.02. The topological polar surface area (TPSA) is 76.0 Å². The summed E-state index contributed by atoms with van der Waals surface area (Å²) in [5, 5.41) is 12.6. The second-order valence-corrected chi connectivity index (χ2v) is 4.58. The molecule has 0 unspecified atom stereocenters. The van der Waals surface area contributed by atoms with Crippen LogP contribution in [0.3, 0.4) is 0 Å². The fourth-order valence-electron chi connectivity index (χ4n) is 2.38. The van der Waals surface area contributed by atoms with Gasteiger partial charge in [0.1, 0.15) is 0 Å². The van der Waals surface area contributed by atoms with Crippen molar-refractivity contribution in [3.8, 4) is 0 Å². The molecule has 1 N–H and O–H groups in total. The van der Waals surface area contributed by atoms with Crippen molar-refractivity contribution >= 4 is 17.5 Å². The highest BCUT2D eigenvalue weighted by Crippen LogP contribution is 2.38. The van der Waals surface area contributed by atoms with Crippen LogP contribution in [0.5, 0.6) is 0 Å². The minimum atomic E-state index is -1.53. The molecule has 0 aliphatic carbocycles. The fraction of sp³-hybridized carbons (Fsp3) is 0.0625. The first kappa shape index (κ1) is 13.1. The molecular formula is C16H11NO4. The summed E-state index contributed by atoms with van der Waals surface area (Å²) in [5.41, 5.74) is -1.04. The Morgan fingerprint density at radius 1 is 0.952 bits per heavy atom. The minimum absolute atomic E-state index is 0.543. The van der Waals surface area contributed by atoms with Gasteiger partial charge in [-0.25, -0.2) is 4.79 Å². The standard InChI is InChI=1S/C16H11NO4/c18-14-13(15(19)20)17-21-16(14,11-7-3-1-4-8-11)12-9-5-2-6-10-12/h1-10H,(H,19,20). The van der Waals surface area contributed by atoms with Gasteiger partial charge in [0.2, 0.25) is 11.5 Å². The first-order chi connectivity index (χ1) is 10.2. The van der Waals surface area contributed by atoms with Crippen molar-refractivity contribution in [2.75, 3.05) is 0 Å². The number of carbonyl (C=O) groups excluding carboxylic acids is 1. The van der Waals surface area contributed by atoms with Crippen molar-refractivity contribution in [1.29, 1.82) is 0 Å². The van der Waals surface area contributed by atoms with Gasteiger partial charge >= 0.3 is 5.97 Å². The quantitative estimate of drug-likeness (QED) is 0.933. The van der Waals surface area contributed by atoms with Gasteiger partial charge in [0, 0.05) is 11.1 Å². The number of nitrogens with zero attached hydrogens (tertiary/aromatic N) is 1. The number of hydrogen-bond acceptors (Lipinski definition) is 4. The highest BCUT2D eigenvalue weighted by Gasteiger charge is 2.53. The van der Waals surface area contributed by atoms with Crippen LogP contribution in [0.15, 0.2) is 65.8 Å². The molecule has 1 aliphatic rings. The van der Waals surface area contributed by atoms with E-state index in [-0.39, 0.29) is 0 Å². The van der Waals surface area contributed by atoms with Crippen molar-refractivity contribution in [3.05, 3.63) is 71.8 Å². The van der Waals surface area contributed by atoms with E-state index in [1.807, 2.05) is 0 Å². The lowest BCUT2D eigenvalue weighted by Gasteiger charge is -2.25. The third kappa shape index (κ3) is 1.90. The van der Waals surface area contributed by atoms with Gasteiger partial charge < -0.3 is 9.94 Å². The Hall–Kier alpha value is -2.95. The molecular weight excluding hydrogens is 270 g/mol. The average Bonchev–Trinajstić information content (AvgIpc) is 2.87. The predicted octanol–water partition coefficient (Wildman–Crippen LogP) is 1.97. The highest BCUT2D eigenvalue weighted by atomic mass is 16.7. The first-order valence-electron chi connectivity index (χ1n) is 6.31. The normalized spacial score (nSPS) is 16.2. The van der Waals surface area contributed by atoms with E-state index < -0.39 is 23.1 Å². The van der Waals surface area contributed by atoms with Gasteiger partial charge in [-0.05, 0) is 0 Å². The Balaban J connectivity index is 2.20. The molecule has 0 bridgehead atoms. The van der Waals surface area contributed by atoms with Gasteiger partial charge in [0.25, 0.3) is 5.60 Å². The van der Waals surface area contributed by atoms with Crippen LogP contribution in [0.25, 0.3) is 0 Å². The Labute approximate surface area is 120 Å². The summed E-state index contributed by atoms with van der Waals surface area (Å²) in [6, 6.07) is 17.5. The molecule has 5 nitrogen and oxygen atoms in total. The van der Waals surface area contributed by atoms with Crippen molar-refractivity contribution in [2.45, 2.75) is 5.60 Å². The lowest BCUT2D eigenvalue weighted by Crippen LogP contribution is -2.40. The van der Waals surface area contributed by atoms with Crippen molar-refractivity contribution < 1.29 is 19.5 Å². The van der Waals surface area contributed by atoms with Crippen LogP contribution in [0, 0.1) is 0 Å².